The molecule has 0 spiro atoms. The predicted molar refractivity (Wildman–Crippen MR) is 113 cm³/mol. The lowest BCUT2D eigenvalue weighted by molar-refractivity contribution is -0.131. The Balaban J connectivity index is 1.54. The van der Waals surface area contributed by atoms with Gasteiger partial charge in [0.2, 0.25) is 5.91 Å². The molecule has 0 unspecified atom stereocenters. The van der Waals surface area contributed by atoms with Crippen molar-refractivity contribution in [2.24, 2.45) is 0 Å². The first-order valence-corrected chi connectivity index (χ1v) is 10.3. The van der Waals surface area contributed by atoms with E-state index in [4.69, 9.17) is 23.2 Å². The van der Waals surface area contributed by atoms with Gasteiger partial charge in [-0.15, -0.1) is 0 Å². The fourth-order valence-electron chi connectivity index (χ4n) is 3.35. The number of hydrogen-bond acceptors (Lipinski definition) is 2. The Morgan fingerprint density at radius 2 is 1.57 bits per heavy atom. The highest BCUT2D eigenvalue weighted by Gasteiger charge is 2.23. The van der Waals surface area contributed by atoms with Gasteiger partial charge in [0.25, 0.3) is 5.91 Å². The third kappa shape index (κ3) is 5.27. The maximum Gasteiger partial charge on any atom is 0.253 e. The van der Waals surface area contributed by atoms with Gasteiger partial charge in [0.05, 0.1) is 10.0 Å². The molecule has 0 aliphatic carbocycles. The molecule has 2 amide bonds. The van der Waals surface area contributed by atoms with Crippen LogP contribution in [0.1, 0.15) is 34.3 Å². The van der Waals surface area contributed by atoms with Crippen molar-refractivity contribution in [3.63, 3.8) is 0 Å². The van der Waals surface area contributed by atoms with Crippen molar-refractivity contribution in [1.82, 2.24) is 9.80 Å². The van der Waals surface area contributed by atoms with Crippen molar-refractivity contribution in [2.75, 3.05) is 26.2 Å². The average molecular weight is 419 g/mol. The molecule has 6 heteroatoms. The molecule has 2 aromatic carbocycles. The summed E-state index contributed by atoms with van der Waals surface area (Å²) < 4.78 is 0. The van der Waals surface area contributed by atoms with Gasteiger partial charge < -0.3 is 9.80 Å². The molecule has 1 fully saturated rings. The maximum absolute atomic E-state index is 12.8. The molecule has 148 valence electrons. The summed E-state index contributed by atoms with van der Waals surface area (Å²) in [6, 6.07) is 13.2. The molecule has 0 radical (unpaired) electrons. The molecule has 4 nitrogen and oxygen atoms in total. The van der Waals surface area contributed by atoms with Crippen LogP contribution in [0.5, 0.6) is 0 Å². The molecule has 1 saturated heterocycles. The summed E-state index contributed by atoms with van der Waals surface area (Å²) in [5.74, 6) is 0.0666. The van der Waals surface area contributed by atoms with Gasteiger partial charge in [0, 0.05) is 38.2 Å². The van der Waals surface area contributed by atoms with E-state index in [2.05, 4.69) is 31.2 Å². The molecule has 1 heterocycles. The summed E-state index contributed by atoms with van der Waals surface area (Å²) in [5.41, 5.74) is 2.91. The first-order chi connectivity index (χ1) is 13.4. The van der Waals surface area contributed by atoms with Crippen LogP contribution in [0.25, 0.3) is 0 Å². The van der Waals surface area contributed by atoms with E-state index in [0.29, 0.717) is 48.2 Å². The van der Waals surface area contributed by atoms with Gasteiger partial charge in [-0.3, -0.25) is 9.59 Å². The summed E-state index contributed by atoms with van der Waals surface area (Å²) in [6.07, 6.45) is 1.99. The quantitative estimate of drug-likeness (QED) is 0.726. The minimum Gasteiger partial charge on any atom is -0.341 e. The zero-order valence-corrected chi connectivity index (χ0v) is 17.5. The van der Waals surface area contributed by atoms with Crippen LogP contribution in [-0.2, 0) is 11.2 Å². The summed E-state index contributed by atoms with van der Waals surface area (Å²) in [6.45, 7) is 4.44. The fourth-order valence-corrected chi connectivity index (χ4v) is 3.64. The number of benzene rings is 2. The highest BCUT2D eigenvalue weighted by atomic mass is 35.5. The highest BCUT2D eigenvalue weighted by Crippen LogP contribution is 2.23. The molecule has 0 N–H and O–H groups in total. The number of hydrogen-bond donors (Lipinski definition) is 0. The van der Waals surface area contributed by atoms with E-state index < -0.39 is 0 Å². The van der Waals surface area contributed by atoms with Crippen LogP contribution in [0.2, 0.25) is 10.0 Å². The van der Waals surface area contributed by atoms with E-state index in [9.17, 15) is 9.59 Å². The van der Waals surface area contributed by atoms with Crippen LogP contribution in [0.3, 0.4) is 0 Å². The lowest BCUT2D eigenvalue weighted by Crippen LogP contribution is -2.37. The van der Waals surface area contributed by atoms with Gasteiger partial charge >= 0.3 is 0 Å². The van der Waals surface area contributed by atoms with Gasteiger partial charge in [-0.25, -0.2) is 0 Å². The second-order valence-corrected chi connectivity index (χ2v) is 7.96. The van der Waals surface area contributed by atoms with Crippen molar-refractivity contribution in [2.45, 2.75) is 26.2 Å². The van der Waals surface area contributed by atoms with E-state index >= 15 is 0 Å². The SMILES string of the molecule is Cc1ccc(CCC(=O)N2CCCN(C(=O)c3ccc(Cl)c(Cl)c3)CC2)cc1. The van der Waals surface area contributed by atoms with E-state index in [1.54, 1.807) is 23.1 Å². The van der Waals surface area contributed by atoms with E-state index in [-0.39, 0.29) is 11.8 Å². The average Bonchev–Trinajstić information content (AvgIpc) is 2.95. The molecule has 1 aliphatic heterocycles. The van der Waals surface area contributed by atoms with Gasteiger partial charge in [-0.05, 0) is 43.5 Å². The first kappa shape index (κ1) is 20.7. The smallest absolute Gasteiger partial charge is 0.253 e. The van der Waals surface area contributed by atoms with Crippen molar-refractivity contribution < 1.29 is 9.59 Å². The van der Waals surface area contributed by atoms with Crippen LogP contribution in [0, 0.1) is 6.92 Å². The Morgan fingerprint density at radius 1 is 0.893 bits per heavy atom. The lowest BCUT2D eigenvalue weighted by atomic mass is 10.1. The minimum atomic E-state index is -0.0764. The molecule has 0 bridgehead atoms. The summed E-state index contributed by atoms with van der Waals surface area (Å²) >= 11 is 12.0. The van der Waals surface area contributed by atoms with Crippen LogP contribution < -0.4 is 0 Å². The first-order valence-electron chi connectivity index (χ1n) is 9.51. The Kier molecular flexibility index (Phi) is 6.97. The molecule has 28 heavy (non-hydrogen) atoms. The van der Waals surface area contributed by atoms with Gasteiger partial charge in [-0.2, -0.15) is 0 Å². The van der Waals surface area contributed by atoms with E-state index in [0.717, 1.165) is 12.8 Å². The number of rotatable bonds is 4. The number of nitrogens with zero attached hydrogens (tertiary/aromatic N) is 2. The van der Waals surface area contributed by atoms with Crippen LogP contribution in [-0.4, -0.2) is 47.8 Å². The zero-order chi connectivity index (χ0) is 20.1. The zero-order valence-electron chi connectivity index (χ0n) is 16.0. The third-order valence-electron chi connectivity index (χ3n) is 5.05. The molecule has 0 aromatic heterocycles. The van der Waals surface area contributed by atoms with Crippen molar-refractivity contribution in [3.05, 3.63) is 69.2 Å². The Bertz CT molecular complexity index is 852. The second-order valence-electron chi connectivity index (χ2n) is 7.14. The number of carbonyl (C=O) groups excluding carboxylic acids is 2. The molecule has 1 aliphatic rings. The Morgan fingerprint density at radius 3 is 2.29 bits per heavy atom. The molecular formula is C22H24Cl2N2O2. The molecule has 0 saturated carbocycles. The Labute approximate surface area is 176 Å². The third-order valence-corrected chi connectivity index (χ3v) is 5.79. The minimum absolute atomic E-state index is 0.0764. The summed E-state index contributed by atoms with van der Waals surface area (Å²) in [4.78, 5) is 29.0. The monoisotopic (exact) mass is 418 g/mol. The number of aryl methyl sites for hydroxylation is 2. The van der Waals surface area contributed by atoms with Gasteiger partial charge in [0.1, 0.15) is 0 Å². The maximum atomic E-state index is 12.8. The van der Waals surface area contributed by atoms with Crippen LogP contribution in [0.15, 0.2) is 42.5 Å². The lowest BCUT2D eigenvalue weighted by Gasteiger charge is -2.22. The molecule has 3 rings (SSSR count). The number of amides is 2. The van der Waals surface area contributed by atoms with E-state index in [1.807, 2.05) is 4.90 Å². The summed E-state index contributed by atoms with van der Waals surface area (Å²) in [5, 5.41) is 0.801. The largest absolute Gasteiger partial charge is 0.341 e. The predicted octanol–water partition coefficient (Wildman–Crippen LogP) is 4.61. The Hall–Kier alpha value is -2.04. The molecule has 0 atom stereocenters. The molecule has 2 aromatic rings. The van der Waals surface area contributed by atoms with Crippen LogP contribution in [0.4, 0.5) is 0 Å². The van der Waals surface area contributed by atoms with Crippen molar-refractivity contribution in [1.29, 1.82) is 0 Å². The van der Waals surface area contributed by atoms with Gasteiger partial charge in [-0.1, -0.05) is 53.0 Å². The fraction of sp³-hybridized carbons (Fsp3) is 0.364. The van der Waals surface area contributed by atoms with Crippen LogP contribution >= 0.6 is 23.2 Å². The van der Waals surface area contributed by atoms with Crippen molar-refractivity contribution in [3.8, 4) is 0 Å². The van der Waals surface area contributed by atoms with Gasteiger partial charge in [0.15, 0.2) is 0 Å². The number of halogens is 2. The number of carbonyl (C=O) groups is 2. The second kappa shape index (κ2) is 9.44. The highest BCUT2D eigenvalue weighted by molar-refractivity contribution is 6.42. The topological polar surface area (TPSA) is 40.6 Å². The standard InChI is InChI=1S/C22H24Cl2N2O2/c1-16-3-5-17(6-4-16)7-10-21(27)25-11-2-12-26(14-13-25)22(28)18-8-9-19(23)20(24)15-18/h3-6,8-9,15H,2,7,10-14H2,1H3. The summed E-state index contributed by atoms with van der Waals surface area (Å²) in [7, 11) is 0. The normalized spacial score (nSPS) is 14.7. The van der Waals surface area contributed by atoms with Crippen molar-refractivity contribution >= 4 is 35.0 Å². The molecular weight excluding hydrogens is 395 g/mol. The van der Waals surface area contributed by atoms with E-state index in [1.165, 1.54) is 11.1 Å².